The molecule has 4 heterocycles. The van der Waals surface area contributed by atoms with Crippen LogP contribution in [0.1, 0.15) is 30.4 Å². The van der Waals surface area contributed by atoms with Crippen LogP contribution < -0.4 is 16.0 Å². The number of carbonyl (C=O) groups excluding carboxylic acids is 2. The Morgan fingerprint density at radius 1 is 0.733 bits per heavy atom. The number of hydrogen-bond donors (Lipinski definition) is 3. The topological polar surface area (TPSA) is 131 Å². The third-order valence-corrected chi connectivity index (χ3v) is 7.31. The molecule has 0 aliphatic rings. The standard InChI is InChI=1S/C33H35N7O3S2/c1-43-32(41)22-39-33(42)27(40-31(45)21-24-12-17-37-29(19-24)26-9-3-6-14-35-26)10-4-7-15-38-30(44)20-23-11-16-36-28(18-23)25-8-2-5-13-34-25/h2-3,5-6,8-9,11-14,16-19,27H,4,7,10,15,20-22H2,1H3,(H,38,44)(H,39,42)(H,40,45)/t27-/m0/s1. The minimum atomic E-state index is -0.618. The molecule has 232 valence electrons. The van der Waals surface area contributed by atoms with E-state index >= 15 is 0 Å². The number of pyridine rings is 4. The predicted octanol–water partition coefficient (Wildman–Crippen LogP) is 4.05. The number of nitrogens with one attached hydrogen (secondary N) is 3. The zero-order chi connectivity index (χ0) is 31.9. The number of aromatic nitrogens is 4. The third kappa shape index (κ3) is 11.1. The highest BCUT2D eigenvalue weighted by Crippen LogP contribution is 2.16. The van der Waals surface area contributed by atoms with Gasteiger partial charge in [0.05, 0.1) is 39.9 Å². The minimum absolute atomic E-state index is 0.217. The summed E-state index contributed by atoms with van der Waals surface area (Å²) in [6, 6.07) is 18.5. The molecule has 0 saturated heterocycles. The van der Waals surface area contributed by atoms with Crippen LogP contribution in [0.5, 0.6) is 0 Å². The Balaban J connectivity index is 1.27. The predicted molar refractivity (Wildman–Crippen MR) is 181 cm³/mol. The Hall–Kier alpha value is -4.68. The fourth-order valence-electron chi connectivity index (χ4n) is 4.48. The lowest BCUT2D eigenvalue weighted by Crippen LogP contribution is -2.48. The van der Waals surface area contributed by atoms with Crippen molar-refractivity contribution in [1.82, 2.24) is 35.9 Å². The maximum atomic E-state index is 13.0. The van der Waals surface area contributed by atoms with Gasteiger partial charge in [-0.15, -0.1) is 0 Å². The largest absolute Gasteiger partial charge is 0.468 e. The summed E-state index contributed by atoms with van der Waals surface area (Å²) in [7, 11) is 1.28. The first kappa shape index (κ1) is 33.2. The number of methoxy groups -OCH3 is 1. The Labute approximate surface area is 273 Å². The van der Waals surface area contributed by atoms with E-state index in [9.17, 15) is 9.59 Å². The molecular formula is C33H35N7O3S2. The first-order valence-corrected chi connectivity index (χ1v) is 15.4. The average molecular weight is 642 g/mol. The third-order valence-electron chi connectivity index (χ3n) is 6.76. The van der Waals surface area contributed by atoms with Crippen molar-refractivity contribution in [3.05, 3.63) is 96.6 Å². The monoisotopic (exact) mass is 641 g/mol. The molecule has 0 radical (unpaired) electrons. The van der Waals surface area contributed by atoms with Crippen LogP contribution in [0.15, 0.2) is 85.5 Å². The normalized spacial score (nSPS) is 11.2. The molecule has 0 bridgehead atoms. The molecule has 0 aliphatic carbocycles. The van der Waals surface area contributed by atoms with Crippen molar-refractivity contribution in [3.8, 4) is 22.8 Å². The maximum Gasteiger partial charge on any atom is 0.325 e. The number of carbonyl (C=O) groups is 2. The summed E-state index contributed by atoms with van der Waals surface area (Å²) in [6.45, 7) is 0.441. The van der Waals surface area contributed by atoms with Crippen LogP contribution in [-0.4, -0.2) is 68.0 Å². The van der Waals surface area contributed by atoms with Crippen molar-refractivity contribution in [3.63, 3.8) is 0 Å². The Morgan fingerprint density at radius 3 is 1.87 bits per heavy atom. The van der Waals surface area contributed by atoms with Crippen LogP contribution in [0.4, 0.5) is 0 Å². The SMILES string of the molecule is COC(=O)CNC(=O)[C@H](CCCCNC(=S)Cc1ccnc(-c2ccccn2)c1)NC(=S)Cc1ccnc(-c2ccccn2)c1. The van der Waals surface area contributed by atoms with Gasteiger partial charge < -0.3 is 20.7 Å². The summed E-state index contributed by atoms with van der Waals surface area (Å²) in [4.78, 5) is 43.4. The summed E-state index contributed by atoms with van der Waals surface area (Å²) in [5.41, 5.74) is 5.11. The lowest BCUT2D eigenvalue weighted by atomic mass is 10.1. The van der Waals surface area contributed by atoms with E-state index in [1.54, 1.807) is 24.8 Å². The second kappa shape index (κ2) is 17.6. The van der Waals surface area contributed by atoms with Crippen molar-refractivity contribution in [1.29, 1.82) is 0 Å². The van der Waals surface area contributed by atoms with E-state index < -0.39 is 12.0 Å². The van der Waals surface area contributed by atoms with Gasteiger partial charge in [0.2, 0.25) is 5.91 Å². The molecule has 0 saturated carbocycles. The molecule has 0 aliphatic heterocycles. The van der Waals surface area contributed by atoms with Crippen molar-refractivity contribution < 1.29 is 14.3 Å². The first-order chi connectivity index (χ1) is 21.9. The van der Waals surface area contributed by atoms with E-state index in [1.165, 1.54) is 7.11 Å². The maximum absolute atomic E-state index is 13.0. The number of ether oxygens (including phenoxy) is 1. The zero-order valence-corrected chi connectivity index (χ0v) is 26.6. The van der Waals surface area contributed by atoms with Gasteiger partial charge >= 0.3 is 5.97 Å². The molecular weight excluding hydrogens is 607 g/mol. The molecule has 3 N–H and O–H groups in total. The Kier molecular flexibility index (Phi) is 13.0. The van der Waals surface area contributed by atoms with Gasteiger partial charge in [-0.2, -0.15) is 0 Å². The smallest absolute Gasteiger partial charge is 0.325 e. The van der Waals surface area contributed by atoms with E-state index in [1.807, 2.05) is 60.7 Å². The van der Waals surface area contributed by atoms with Gasteiger partial charge in [-0.25, -0.2) is 0 Å². The number of amides is 1. The van der Waals surface area contributed by atoms with Crippen molar-refractivity contribution >= 4 is 46.3 Å². The van der Waals surface area contributed by atoms with Crippen molar-refractivity contribution in [2.45, 2.75) is 38.1 Å². The summed E-state index contributed by atoms with van der Waals surface area (Å²) in [5, 5.41) is 9.14. The first-order valence-electron chi connectivity index (χ1n) is 14.5. The fourth-order valence-corrected chi connectivity index (χ4v) is 5.06. The van der Waals surface area contributed by atoms with E-state index in [0.717, 1.165) is 51.7 Å². The molecule has 0 aromatic carbocycles. The van der Waals surface area contributed by atoms with Gasteiger partial charge in [-0.05, 0) is 78.9 Å². The molecule has 12 heteroatoms. The molecule has 1 atom stereocenters. The fraction of sp³-hybridized carbons (Fsp3) is 0.273. The minimum Gasteiger partial charge on any atom is -0.468 e. The molecule has 0 unspecified atom stereocenters. The highest BCUT2D eigenvalue weighted by atomic mass is 32.1. The Bertz CT molecular complexity index is 1590. The number of hydrogen-bond acceptors (Lipinski definition) is 9. The molecule has 0 fully saturated rings. The van der Waals surface area contributed by atoms with Crippen LogP contribution in [0.2, 0.25) is 0 Å². The van der Waals surface area contributed by atoms with Crippen LogP contribution in [0.3, 0.4) is 0 Å². The second-order valence-electron chi connectivity index (χ2n) is 10.1. The van der Waals surface area contributed by atoms with Gasteiger partial charge in [-0.3, -0.25) is 29.5 Å². The molecule has 0 spiro atoms. The molecule has 4 aromatic heterocycles. The molecule has 4 aromatic rings. The summed E-state index contributed by atoms with van der Waals surface area (Å²) < 4.78 is 4.66. The zero-order valence-electron chi connectivity index (χ0n) is 24.9. The van der Waals surface area contributed by atoms with Crippen LogP contribution >= 0.6 is 24.4 Å². The highest BCUT2D eigenvalue weighted by Gasteiger charge is 2.20. The van der Waals surface area contributed by atoms with E-state index in [-0.39, 0.29) is 12.5 Å². The van der Waals surface area contributed by atoms with Crippen molar-refractivity contribution in [2.24, 2.45) is 0 Å². The summed E-state index contributed by atoms with van der Waals surface area (Å²) in [5.74, 6) is -0.848. The van der Waals surface area contributed by atoms with E-state index in [4.69, 9.17) is 24.4 Å². The average Bonchev–Trinajstić information content (AvgIpc) is 3.07. The summed E-state index contributed by atoms with van der Waals surface area (Å²) in [6.07, 6.45) is 9.96. The second-order valence-corrected chi connectivity index (χ2v) is 11.1. The van der Waals surface area contributed by atoms with E-state index in [0.29, 0.717) is 30.8 Å². The molecule has 4 rings (SSSR count). The van der Waals surface area contributed by atoms with Crippen LogP contribution in [-0.2, 0) is 27.2 Å². The number of nitrogens with zero attached hydrogens (tertiary/aromatic N) is 4. The number of rotatable bonds is 15. The van der Waals surface area contributed by atoms with Gasteiger partial charge in [0.15, 0.2) is 0 Å². The molecule has 45 heavy (non-hydrogen) atoms. The van der Waals surface area contributed by atoms with Crippen LogP contribution in [0, 0.1) is 0 Å². The van der Waals surface area contributed by atoms with Crippen molar-refractivity contribution in [2.75, 3.05) is 20.2 Å². The molecule has 10 nitrogen and oxygen atoms in total. The Morgan fingerprint density at radius 2 is 1.31 bits per heavy atom. The quantitative estimate of drug-likeness (QED) is 0.0987. The lowest BCUT2D eigenvalue weighted by Gasteiger charge is -2.20. The molecule has 1 amide bonds. The van der Waals surface area contributed by atoms with Gasteiger partial charge in [0.25, 0.3) is 0 Å². The van der Waals surface area contributed by atoms with Gasteiger partial charge in [0.1, 0.15) is 12.6 Å². The number of esters is 1. The highest BCUT2D eigenvalue weighted by molar-refractivity contribution is 7.80. The van der Waals surface area contributed by atoms with Gasteiger partial charge in [-0.1, -0.05) is 36.6 Å². The van der Waals surface area contributed by atoms with Gasteiger partial charge in [0, 0.05) is 44.2 Å². The van der Waals surface area contributed by atoms with Crippen LogP contribution in [0.25, 0.3) is 22.8 Å². The summed E-state index contributed by atoms with van der Waals surface area (Å²) >= 11 is 11.2. The number of thiocarbonyl (C=S) groups is 2. The lowest BCUT2D eigenvalue weighted by molar-refractivity contribution is -0.141. The number of unbranched alkanes of at least 4 members (excludes halogenated alkanes) is 1. The van der Waals surface area contributed by atoms with E-state index in [2.05, 4.69) is 40.6 Å².